The van der Waals surface area contributed by atoms with E-state index < -0.39 is 34.5 Å². The Labute approximate surface area is 185 Å². The summed E-state index contributed by atoms with van der Waals surface area (Å²) >= 11 is 0. The molecule has 0 aromatic carbocycles. The van der Waals surface area contributed by atoms with Gasteiger partial charge in [-0.15, -0.1) is 0 Å². The normalized spacial score (nSPS) is 31.8. The molecule has 0 radical (unpaired) electrons. The Bertz CT molecular complexity index is 934. The Hall–Kier alpha value is -2.29. The van der Waals surface area contributed by atoms with Crippen LogP contribution in [-0.4, -0.2) is 38.7 Å². The number of alkyl halides is 3. The van der Waals surface area contributed by atoms with Crippen molar-refractivity contribution in [2.24, 2.45) is 17.8 Å². The van der Waals surface area contributed by atoms with Crippen LogP contribution >= 0.6 is 0 Å². The summed E-state index contributed by atoms with van der Waals surface area (Å²) in [5.41, 5.74) is -3.01. The summed E-state index contributed by atoms with van der Waals surface area (Å²) in [6, 6.07) is 0.968. The first kappa shape index (κ1) is 22.9. The Kier molecular flexibility index (Phi) is 5.47. The number of hydrogen-bond donors (Lipinski definition) is 3. The Morgan fingerprint density at radius 2 is 1.81 bits per heavy atom. The van der Waals surface area contributed by atoms with Crippen molar-refractivity contribution in [2.75, 3.05) is 0 Å². The lowest BCUT2D eigenvalue weighted by Crippen LogP contribution is -2.61. The summed E-state index contributed by atoms with van der Waals surface area (Å²) in [6.45, 7) is 4.66. The molecular weight excluding hydrogens is 423 g/mol. The minimum atomic E-state index is -4.74. The maximum absolute atomic E-state index is 13.9. The zero-order chi connectivity index (χ0) is 23.5. The van der Waals surface area contributed by atoms with E-state index in [1.807, 2.05) is 0 Å². The average molecular weight is 454 g/mol. The van der Waals surface area contributed by atoms with Gasteiger partial charge in [0, 0.05) is 25.4 Å². The zero-order valence-corrected chi connectivity index (χ0v) is 18.5. The van der Waals surface area contributed by atoms with Crippen molar-refractivity contribution in [1.29, 1.82) is 0 Å². The standard InChI is InChI=1S/C23H30F3N3O3/c1-13(30)28-21(2,3)5-7-29-6-4-17(19(29)23(24,25)26)20(31)27-18-15-8-14-9-16(18)12-22(32,10-14)11-15/h4-7,14-16,18,32H,8-12H2,1-3H3,(H,27,31)(H,28,30)/b7-5+/t14?,15?,16?,18-,22-. The van der Waals surface area contributed by atoms with E-state index in [2.05, 4.69) is 10.6 Å². The molecule has 5 rings (SSSR count). The van der Waals surface area contributed by atoms with Gasteiger partial charge in [0.1, 0.15) is 5.69 Å². The second kappa shape index (κ2) is 7.64. The molecule has 4 bridgehead atoms. The number of aliphatic hydroxyl groups is 1. The van der Waals surface area contributed by atoms with Gasteiger partial charge >= 0.3 is 6.18 Å². The van der Waals surface area contributed by atoms with E-state index in [1.165, 1.54) is 31.5 Å². The number of carbonyl (C=O) groups is 2. The van der Waals surface area contributed by atoms with E-state index in [0.29, 0.717) is 18.8 Å². The first-order valence-electron chi connectivity index (χ1n) is 11.1. The second-order valence-electron chi connectivity index (χ2n) is 10.4. The highest BCUT2D eigenvalue weighted by atomic mass is 19.4. The van der Waals surface area contributed by atoms with E-state index in [9.17, 15) is 27.9 Å². The maximum atomic E-state index is 13.9. The lowest BCUT2D eigenvalue weighted by molar-refractivity contribution is -0.142. The highest BCUT2D eigenvalue weighted by molar-refractivity contribution is 5.96. The third-order valence-electron chi connectivity index (χ3n) is 7.12. The summed E-state index contributed by atoms with van der Waals surface area (Å²) in [6.07, 6.45) is 2.92. The summed E-state index contributed by atoms with van der Waals surface area (Å²) in [7, 11) is 0. The number of nitrogens with zero attached hydrogens (tertiary/aromatic N) is 1. The molecule has 1 aromatic heterocycles. The largest absolute Gasteiger partial charge is 0.432 e. The predicted octanol–water partition coefficient (Wildman–Crippen LogP) is 3.56. The average Bonchev–Trinajstić information content (AvgIpc) is 3.05. The molecule has 3 N–H and O–H groups in total. The van der Waals surface area contributed by atoms with Gasteiger partial charge in [-0.3, -0.25) is 9.59 Å². The second-order valence-corrected chi connectivity index (χ2v) is 10.4. The van der Waals surface area contributed by atoms with Crippen molar-refractivity contribution < 1.29 is 27.9 Å². The van der Waals surface area contributed by atoms with Gasteiger partial charge in [-0.25, -0.2) is 0 Å². The molecular formula is C23H30F3N3O3. The van der Waals surface area contributed by atoms with Crippen LogP contribution in [0.3, 0.4) is 0 Å². The summed E-state index contributed by atoms with van der Waals surface area (Å²) < 4.78 is 42.6. The summed E-state index contributed by atoms with van der Waals surface area (Å²) in [5.74, 6) is -0.400. The van der Waals surface area contributed by atoms with Gasteiger partial charge in [-0.1, -0.05) is 0 Å². The molecule has 1 heterocycles. The van der Waals surface area contributed by atoms with Gasteiger partial charge < -0.3 is 20.3 Å². The predicted molar refractivity (Wildman–Crippen MR) is 112 cm³/mol. The molecule has 4 saturated carbocycles. The minimum absolute atomic E-state index is 0.102. The smallest absolute Gasteiger partial charge is 0.390 e. The lowest BCUT2D eigenvalue weighted by atomic mass is 9.52. The highest BCUT2D eigenvalue weighted by Crippen LogP contribution is 2.55. The number of nitrogens with one attached hydrogen (secondary N) is 2. The third-order valence-corrected chi connectivity index (χ3v) is 7.12. The minimum Gasteiger partial charge on any atom is -0.390 e. The van der Waals surface area contributed by atoms with Gasteiger partial charge in [0.05, 0.1) is 16.7 Å². The Morgan fingerprint density at radius 1 is 1.19 bits per heavy atom. The van der Waals surface area contributed by atoms with E-state index in [1.54, 1.807) is 13.8 Å². The van der Waals surface area contributed by atoms with Crippen LogP contribution in [0.2, 0.25) is 0 Å². The fourth-order valence-electron chi connectivity index (χ4n) is 6.26. The van der Waals surface area contributed by atoms with Gasteiger partial charge in [-0.05, 0) is 75.8 Å². The first-order valence-corrected chi connectivity index (χ1v) is 11.1. The zero-order valence-electron chi connectivity index (χ0n) is 18.5. The van der Waals surface area contributed by atoms with Gasteiger partial charge in [0.25, 0.3) is 5.91 Å². The maximum Gasteiger partial charge on any atom is 0.432 e. The van der Waals surface area contributed by atoms with Crippen molar-refractivity contribution in [3.8, 4) is 0 Å². The Balaban J connectivity index is 1.56. The molecule has 2 amide bonds. The van der Waals surface area contributed by atoms with E-state index in [4.69, 9.17) is 0 Å². The van der Waals surface area contributed by atoms with E-state index >= 15 is 0 Å². The molecule has 32 heavy (non-hydrogen) atoms. The third kappa shape index (κ3) is 4.44. The molecule has 4 aliphatic rings. The van der Waals surface area contributed by atoms with Gasteiger partial charge in [0.15, 0.2) is 0 Å². The fraction of sp³-hybridized carbons (Fsp3) is 0.652. The molecule has 1 aromatic rings. The number of aromatic nitrogens is 1. The molecule has 6 nitrogen and oxygen atoms in total. The molecule has 2 atom stereocenters. The summed E-state index contributed by atoms with van der Waals surface area (Å²) in [5, 5.41) is 16.2. The molecule has 0 spiro atoms. The molecule has 4 aliphatic carbocycles. The number of rotatable bonds is 5. The topological polar surface area (TPSA) is 83.4 Å². The molecule has 2 unspecified atom stereocenters. The van der Waals surface area contributed by atoms with Crippen molar-refractivity contribution in [3.05, 3.63) is 29.6 Å². The van der Waals surface area contributed by atoms with Crippen LogP contribution in [0.1, 0.15) is 68.9 Å². The number of amides is 2. The number of carbonyl (C=O) groups excluding carboxylic acids is 2. The molecule has 176 valence electrons. The highest BCUT2D eigenvalue weighted by Gasteiger charge is 2.55. The van der Waals surface area contributed by atoms with Crippen LogP contribution in [0, 0.1) is 17.8 Å². The van der Waals surface area contributed by atoms with Crippen LogP contribution < -0.4 is 10.6 Å². The molecule has 9 heteroatoms. The van der Waals surface area contributed by atoms with Gasteiger partial charge in [-0.2, -0.15) is 13.2 Å². The van der Waals surface area contributed by atoms with Crippen LogP contribution in [0.25, 0.3) is 6.20 Å². The SMILES string of the molecule is CC(=O)NC(C)(C)/C=C/n1ccc(C(=O)N[C@H]2C3CC4CC2C[C@](O)(C4)C3)c1C(F)(F)F. The van der Waals surface area contributed by atoms with Crippen LogP contribution in [0.5, 0.6) is 0 Å². The number of hydrogen-bond acceptors (Lipinski definition) is 3. The first-order chi connectivity index (χ1) is 14.8. The van der Waals surface area contributed by atoms with Crippen molar-refractivity contribution in [1.82, 2.24) is 15.2 Å². The lowest BCUT2D eigenvalue weighted by Gasteiger charge is -2.58. The molecule has 0 aliphatic heterocycles. The monoisotopic (exact) mass is 453 g/mol. The van der Waals surface area contributed by atoms with Crippen molar-refractivity contribution in [2.45, 2.75) is 76.2 Å². The number of halogens is 3. The molecule has 0 saturated heterocycles. The summed E-state index contributed by atoms with van der Waals surface area (Å²) in [4.78, 5) is 24.3. The van der Waals surface area contributed by atoms with Crippen molar-refractivity contribution >= 4 is 18.0 Å². The van der Waals surface area contributed by atoms with Crippen molar-refractivity contribution in [3.63, 3.8) is 0 Å². The molecule has 4 fully saturated rings. The Morgan fingerprint density at radius 3 is 2.34 bits per heavy atom. The van der Waals surface area contributed by atoms with E-state index in [-0.39, 0.29) is 23.8 Å². The van der Waals surface area contributed by atoms with Crippen LogP contribution in [0.15, 0.2) is 18.3 Å². The van der Waals surface area contributed by atoms with Crippen LogP contribution in [-0.2, 0) is 11.0 Å². The quantitative estimate of drug-likeness (QED) is 0.638. The van der Waals surface area contributed by atoms with E-state index in [0.717, 1.165) is 23.8 Å². The van der Waals surface area contributed by atoms with Gasteiger partial charge in [0.2, 0.25) is 5.91 Å². The van der Waals surface area contributed by atoms with Crippen LogP contribution in [0.4, 0.5) is 13.2 Å². The fourth-order valence-corrected chi connectivity index (χ4v) is 6.26.